The van der Waals surface area contributed by atoms with Crippen molar-refractivity contribution in [3.8, 4) is 11.5 Å². The Kier molecular flexibility index (Phi) is 7.09. The van der Waals surface area contributed by atoms with Crippen LogP contribution in [0.15, 0.2) is 83.8 Å². The van der Waals surface area contributed by atoms with Crippen molar-refractivity contribution in [1.82, 2.24) is 9.62 Å². The maximum Gasteiger partial charge on any atom is 0.255 e. The van der Waals surface area contributed by atoms with Gasteiger partial charge in [0.25, 0.3) is 5.91 Å². The minimum Gasteiger partial charge on any atom is -0.457 e. The van der Waals surface area contributed by atoms with Crippen molar-refractivity contribution in [2.75, 3.05) is 7.05 Å². The highest BCUT2D eigenvalue weighted by Gasteiger charge is 2.22. The molecule has 0 radical (unpaired) electrons. The molecule has 0 spiro atoms. The number of benzene rings is 3. The highest BCUT2D eigenvalue weighted by atomic mass is 32.2. The zero-order valence-corrected chi connectivity index (χ0v) is 18.6. The van der Waals surface area contributed by atoms with Crippen LogP contribution in [-0.4, -0.2) is 31.7 Å². The van der Waals surface area contributed by atoms with Crippen molar-refractivity contribution in [3.63, 3.8) is 0 Å². The lowest BCUT2D eigenvalue weighted by atomic mass is 10.1. The summed E-state index contributed by atoms with van der Waals surface area (Å²) in [5.41, 5.74) is 1.21. The third kappa shape index (κ3) is 5.51. The van der Waals surface area contributed by atoms with Crippen LogP contribution >= 0.6 is 0 Å². The average molecular weight is 439 g/mol. The molecule has 1 amide bonds. The number of nitrogens with one attached hydrogen (secondary N) is 1. The van der Waals surface area contributed by atoms with E-state index >= 15 is 0 Å². The molecule has 0 saturated carbocycles. The van der Waals surface area contributed by atoms with Crippen LogP contribution in [0.4, 0.5) is 0 Å². The Morgan fingerprint density at radius 3 is 2.19 bits per heavy atom. The van der Waals surface area contributed by atoms with E-state index in [2.05, 4.69) is 5.32 Å². The van der Waals surface area contributed by atoms with E-state index in [1.807, 2.05) is 50.2 Å². The number of para-hydroxylation sites is 2. The number of amides is 1. The van der Waals surface area contributed by atoms with E-state index in [1.54, 1.807) is 49.5 Å². The number of hydrogen-bond donors (Lipinski definition) is 1. The van der Waals surface area contributed by atoms with Crippen molar-refractivity contribution in [2.45, 2.75) is 31.3 Å². The molecule has 0 aromatic heterocycles. The van der Waals surface area contributed by atoms with Crippen LogP contribution in [0.1, 0.15) is 29.8 Å². The van der Waals surface area contributed by atoms with Gasteiger partial charge in [0.15, 0.2) is 0 Å². The molecule has 1 N–H and O–H groups in total. The second kappa shape index (κ2) is 9.76. The lowest BCUT2D eigenvalue weighted by molar-refractivity contribution is 0.0948. The smallest absolute Gasteiger partial charge is 0.255 e. The molecule has 0 aliphatic rings. The first kappa shape index (κ1) is 22.5. The van der Waals surface area contributed by atoms with Crippen molar-refractivity contribution in [1.29, 1.82) is 0 Å². The molecule has 0 aliphatic carbocycles. The van der Waals surface area contributed by atoms with Gasteiger partial charge in [-0.3, -0.25) is 4.79 Å². The highest BCUT2D eigenvalue weighted by Crippen LogP contribution is 2.25. The molecular formula is C24H26N2O4S. The van der Waals surface area contributed by atoms with Crippen molar-refractivity contribution < 1.29 is 17.9 Å². The molecule has 0 saturated heterocycles. The van der Waals surface area contributed by atoms with Gasteiger partial charge in [0.1, 0.15) is 11.5 Å². The van der Waals surface area contributed by atoms with Gasteiger partial charge in [-0.05, 0) is 55.8 Å². The number of ether oxygens (including phenoxy) is 1. The van der Waals surface area contributed by atoms with E-state index in [1.165, 1.54) is 4.31 Å². The maximum absolute atomic E-state index is 12.7. The number of hydrogen-bond acceptors (Lipinski definition) is 4. The molecule has 3 aromatic carbocycles. The van der Waals surface area contributed by atoms with Crippen LogP contribution in [0, 0.1) is 0 Å². The largest absolute Gasteiger partial charge is 0.457 e. The SMILES string of the molecule is CC(C)N(C)S(=O)(=O)c1ccc(CNC(=O)c2ccccc2Oc2ccccc2)cc1. The molecule has 3 aromatic rings. The molecule has 3 rings (SSSR count). The summed E-state index contributed by atoms with van der Waals surface area (Å²) in [4.78, 5) is 12.9. The first-order chi connectivity index (χ1) is 14.8. The summed E-state index contributed by atoms with van der Waals surface area (Å²) >= 11 is 0. The zero-order valence-electron chi connectivity index (χ0n) is 17.8. The Morgan fingerprint density at radius 2 is 1.55 bits per heavy atom. The highest BCUT2D eigenvalue weighted by molar-refractivity contribution is 7.89. The lowest BCUT2D eigenvalue weighted by Gasteiger charge is -2.21. The monoisotopic (exact) mass is 438 g/mol. The third-order valence-corrected chi connectivity index (χ3v) is 6.93. The van der Waals surface area contributed by atoms with E-state index in [4.69, 9.17) is 4.74 Å². The predicted octanol–water partition coefficient (Wildman–Crippen LogP) is 4.44. The second-order valence-corrected chi connectivity index (χ2v) is 9.35. The topological polar surface area (TPSA) is 75.7 Å². The molecule has 0 fully saturated rings. The Hall–Kier alpha value is -3.16. The van der Waals surface area contributed by atoms with E-state index in [0.717, 1.165) is 5.56 Å². The van der Waals surface area contributed by atoms with Gasteiger partial charge in [-0.15, -0.1) is 0 Å². The normalized spacial score (nSPS) is 11.5. The van der Waals surface area contributed by atoms with E-state index in [-0.39, 0.29) is 23.4 Å². The number of carbonyl (C=O) groups excluding carboxylic acids is 1. The fraction of sp³-hybridized carbons (Fsp3) is 0.208. The summed E-state index contributed by atoms with van der Waals surface area (Å²) in [7, 11) is -1.98. The first-order valence-electron chi connectivity index (χ1n) is 9.96. The standard InChI is InChI=1S/C24H26N2O4S/c1-18(2)26(3)31(28,29)21-15-13-19(14-16-21)17-25-24(27)22-11-7-8-12-23(22)30-20-9-5-4-6-10-20/h4-16,18H,17H2,1-3H3,(H,25,27). The van der Waals surface area contributed by atoms with Crippen LogP contribution in [0.3, 0.4) is 0 Å². The molecule has 0 aliphatic heterocycles. The maximum atomic E-state index is 12.7. The van der Waals surface area contributed by atoms with Crippen LogP contribution in [0.5, 0.6) is 11.5 Å². The lowest BCUT2D eigenvalue weighted by Crippen LogP contribution is -2.33. The molecule has 0 bridgehead atoms. The van der Waals surface area contributed by atoms with Crippen molar-refractivity contribution in [2.24, 2.45) is 0 Å². The van der Waals surface area contributed by atoms with Gasteiger partial charge >= 0.3 is 0 Å². The van der Waals surface area contributed by atoms with Crippen molar-refractivity contribution in [3.05, 3.63) is 90.0 Å². The predicted molar refractivity (Wildman–Crippen MR) is 121 cm³/mol. The molecule has 0 unspecified atom stereocenters. The molecule has 7 heteroatoms. The summed E-state index contributed by atoms with van der Waals surface area (Å²) in [6, 6.07) is 22.7. The van der Waals surface area contributed by atoms with Crippen LogP contribution in [0.25, 0.3) is 0 Å². The zero-order chi connectivity index (χ0) is 22.4. The fourth-order valence-corrected chi connectivity index (χ4v) is 4.23. The van der Waals surface area contributed by atoms with Gasteiger partial charge in [0.2, 0.25) is 10.0 Å². The van der Waals surface area contributed by atoms with Gasteiger partial charge < -0.3 is 10.1 Å². The number of nitrogens with zero attached hydrogens (tertiary/aromatic N) is 1. The van der Waals surface area contributed by atoms with Crippen molar-refractivity contribution >= 4 is 15.9 Å². The summed E-state index contributed by atoms with van der Waals surface area (Å²) in [6.45, 7) is 3.90. The number of carbonyl (C=O) groups is 1. The molecule has 31 heavy (non-hydrogen) atoms. The molecule has 6 nitrogen and oxygen atoms in total. The second-order valence-electron chi connectivity index (χ2n) is 7.35. The minimum absolute atomic E-state index is 0.137. The first-order valence-corrected chi connectivity index (χ1v) is 11.4. The van der Waals surface area contributed by atoms with Gasteiger partial charge in [-0.1, -0.05) is 42.5 Å². The summed E-state index contributed by atoms with van der Waals surface area (Å²) in [5.74, 6) is 0.832. The van der Waals surface area contributed by atoms with Gasteiger partial charge in [0, 0.05) is 19.6 Å². The van der Waals surface area contributed by atoms with Crippen LogP contribution in [-0.2, 0) is 16.6 Å². The summed E-state index contributed by atoms with van der Waals surface area (Å²) in [5, 5.41) is 2.86. The van der Waals surface area contributed by atoms with E-state index in [0.29, 0.717) is 17.1 Å². The number of sulfonamides is 1. The average Bonchev–Trinajstić information content (AvgIpc) is 2.78. The van der Waals surface area contributed by atoms with E-state index < -0.39 is 10.0 Å². The van der Waals surface area contributed by atoms with Gasteiger partial charge in [0.05, 0.1) is 10.5 Å². The van der Waals surface area contributed by atoms with E-state index in [9.17, 15) is 13.2 Å². The Bertz CT molecular complexity index is 1130. The number of rotatable bonds is 8. The Labute approximate surface area is 183 Å². The molecule has 0 atom stereocenters. The van der Waals surface area contributed by atoms with Crippen LogP contribution < -0.4 is 10.1 Å². The summed E-state index contributed by atoms with van der Waals surface area (Å²) < 4.78 is 32.3. The molecule has 0 heterocycles. The van der Waals surface area contributed by atoms with Gasteiger partial charge in [-0.2, -0.15) is 4.31 Å². The molecule has 162 valence electrons. The Morgan fingerprint density at radius 1 is 0.935 bits per heavy atom. The Balaban J connectivity index is 1.68. The summed E-state index contributed by atoms with van der Waals surface area (Å²) in [6.07, 6.45) is 0. The van der Waals surface area contributed by atoms with Crippen LogP contribution in [0.2, 0.25) is 0 Å². The molecular weight excluding hydrogens is 412 g/mol. The fourth-order valence-electron chi connectivity index (χ4n) is 2.86. The quantitative estimate of drug-likeness (QED) is 0.564. The minimum atomic E-state index is -3.54. The third-order valence-electron chi connectivity index (χ3n) is 4.88. The van der Waals surface area contributed by atoms with Gasteiger partial charge in [-0.25, -0.2) is 8.42 Å².